The highest BCUT2D eigenvalue weighted by Gasteiger charge is 2.33. The van der Waals surface area contributed by atoms with Crippen molar-refractivity contribution in [2.45, 2.75) is 0 Å². The third-order valence-corrected chi connectivity index (χ3v) is 7.48. The van der Waals surface area contributed by atoms with Gasteiger partial charge in [0.2, 0.25) is 0 Å². The fraction of sp³-hybridized carbons (Fsp3) is 0.212. The maximum absolute atomic E-state index is 14.3. The number of ether oxygens (including phenoxy) is 3. The first-order valence-corrected chi connectivity index (χ1v) is 13.5. The second-order valence-electron chi connectivity index (χ2n) is 9.91. The second kappa shape index (κ2) is 11.4. The molecule has 0 unspecified atom stereocenters. The van der Waals surface area contributed by atoms with Gasteiger partial charge in [-0.1, -0.05) is 30.3 Å². The number of rotatable bonds is 7. The van der Waals surface area contributed by atoms with Crippen LogP contribution in [-0.4, -0.2) is 57.3 Å². The Hall–Kier alpha value is -4.71. The van der Waals surface area contributed by atoms with Crippen LogP contribution in [0.3, 0.4) is 0 Å². The van der Waals surface area contributed by atoms with Gasteiger partial charge in [-0.15, -0.1) is 0 Å². The fourth-order valence-corrected chi connectivity index (χ4v) is 5.36. The molecule has 41 heavy (non-hydrogen) atoms. The molecule has 0 saturated carbocycles. The van der Waals surface area contributed by atoms with Gasteiger partial charge in [0.15, 0.2) is 11.5 Å². The summed E-state index contributed by atoms with van der Waals surface area (Å²) in [6.45, 7) is 4.24. The predicted molar refractivity (Wildman–Crippen MR) is 156 cm³/mol. The standard InChI is InChI=1S/C33H28FN3O4/c1-39-32-19-22(6-10-31(32)41-30-11-7-23(21-35)25-4-2-3-5-26(25)30)18-28-27-20-24(34)8-9-29(27)37(33(28)38)13-12-36-14-16-40-17-15-36/h2-11,18-20H,12-17H2,1H3. The Labute approximate surface area is 237 Å². The zero-order chi connectivity index (χ0) is 28.3. The van der Waals surface area contributed by atoms with Crippen LogP contribution in [0.4, 0.5) is 10.1 Å². The topological polar surface area (TPSA) is 75.0 Å². The highest BCUT2D eigenvalue weighted by atomic mass is 19.1. The molecule has 8 heteroatoms. The number of morpholine rings is 1. The number of fused-ring (bicyclic) bond motifs is 2. The molecule has 0 radical (unpaired) electrons. The van der Waals surface area contributed by atoms with Crippen molar-refractivity contribution >= 4 is 34.0 Å². The summed E-state index contributed by atoms with van der Waals surface area (Å²) in [6.07, 6.45) is 1.76. The molecular formula is C33H28FN3O4. The van der Waals surface area contributed by atoms with Crippen molar-refractivity contribution < 1.29 is 23.4 Å². The molecule has 4 aromatic carbocycles. The van der Waals surface area contributed by atoms with Crippen LogP contribution in [0.2, 0.25) is 0 Å². The van der Waals surface area contributed by atoms with Crippen molar-refractivity contribution in [3.63, 3.8) is 0 Å². The third-order valence-electron chi connectivity index (χ3n) is 7.48. The van der Waals surface area contributed by atoms with Crippen LogP contribution < -0.4 is 14.4 Å². The molecule has 2 aliphatic heterocycles. The summed E-state index contributed by atoms with van der Waals surface area (Å²) >= 11 is 0. The van der Waals surface area contributed by atoms with E-state index in [0.29, 0.717) is 71.5 Å². The summed E-state index contributed by atoms with van der Waals surface area (Å²) in [5.74, 6) is 0.994. The lowest BCUT2D eigenvalue weighted by Gasteiger charge is -2.28. The van der Waals surface area contributed by atoms with Gasteiger partial charge in [0.25, 0.3) is 5.91 Å². The maximum Gasteiger partial charge on any atom is 0.259 e. The van der Waals surface area contributed by atoms with Gasteiger partial charge in [-0.25, -0.2) is 4.39 Å². The van der Waals surface area contributed by atoms with E-state index in [1.54, 1.807) is 48.4 Å². The second-order valence-corrected chi connectivity index (χ2v) is 9.91. The van der Waals surface area contributed by atoms with Gasteiger partial charge in [-0.05, 0) is 54.1 Å². The Bertz CT molecular complexity index is 1710. The summed E-state index contributed by atoms with van der Waals surface area (Å²) in [6, 6.07) is 23.2. The number of nitrogens with zero attached hydrogens (tertiary/aromatic N) is 3. The molecule has 1 amide bonds. The van der Waals surface area contributed by atoms with Crippen LogP contribution in [-0.2, 0) is 9.53 Å². The van der Waals surface area contributed by atoms with E-state index in [2.05, 4.69) is 11.0 Å². The van der Waals surface area contributed by atoms with E-state index in [0.717, 1.165) is 23.9 Å². The number of hydrogen-bond acceptors (Lipinski definition) is 6. The molecule has 6 rings (SSSR count). The summed E-state index contributed by atoms with van der Waals surface area (Å²) in [7, 11) is 1.55. The minimum absolute atomic E-state index is 0.165. The Morgan fingerprint density at radius 3 is 2.51 bits per heavy atom. The van der Waals surface area contributed by atoms with Crippen molar-refractivity contribution in [3.05, 3.63) is 95.3 Å². The maximum atomic E-state index is 14.3. The fourth-order valence-electron chi connectivity index (χ4n) is 5.36. The van der Waals surface area contributed by atoms with E-state index in [4.69, 9.17) is 14.2 Å². The Morgan fingerprint density at radius 1 is 0.951 bits per heavy atom. The highest BCUT2D eigenvalue weighted by Crippen LogP contribution is 2.40. The zero-order valence-corrected chi connectivity index (χ0v) is 22.6. The van der Waals surface area contributed by atoms with Gasteiger partial charge in [-0.3, -0.25) is 9.69 Å². The lowest BCUT2D eigenvalue weighted by Crippen LogP contribution is -2.42. The molecule has 206 valence electrons. The molecule has 1 saturated heterocycles. The van der Waals surface area contributed by atoms with E-state index < -0.39 is 5.82 Å². The molecule has 0 aromatic heterocycles. The third kappa shape index (κ3) is 5.25. The van der Waals surface area contributed by atoms with E-state index in [-0.39, 0.29) is 5.91 Å². The van der Waals surface area contributed by atoms with Gasteiger partial charge >= 0.3 is 0 Å². The minimum Gasteiger partial charge on any atom is -0.493 e. The average Bonchev–Trinajstić information content (AvgIpc) is 3.26. The van der Waals surface area contributed by atoms with Crippen LogP contribution in [0.15, 0.2) is 72.8 Å². The summed E-state index contributed by atoms with van der Waals surface area (Å²) < 4.78 is 31.6. The quantitative estimate of drug-likeness (QED) is 0.269. The number of amides is 1. The van der Waals surface area contributed by atoms with Crippen molar-refractivity contribution in [3.8, 4) is 23.3 Å². The number of carbonyl (C=O) groups is 1. The lowest BCUT2D eigenvalue weighted by atomic mass is 10.0. The van der Waals surface area contributed by atoms with E-state index in [1.807, 2.05) is 30.3 Å². The number of methoxy groups -OCH3 is 1. The van der Waals surface area contributed by atoms with Gasteiger partial charge < -0.3 is 19.1 Å². The molecule has 4 aromatic rings. The number of carbonyl (C=O) groups excluding carboxylic acids is 1. The number of hydrogen-bond donors (Lipinski definition) is 0. The number of anilines is 1. The zero-order valence-electron chi connectivity index (χ0n) is 22.6. The summed E-state index contributed by atoms with van der Waals surface area (Å²) in [5.41, 5.74) is 2.98. The van der Waals surface area contributed by atoms with Crippen LogP contribution in [0.5, 0.6) is 17.2 Å². The number of nitriles is 1. The molecule has 0 N–H and O–H groups in total. The molecule has 0 atom stereocenters. The summed E-state index contributed by atoms with van der Waals surface area (Å²) in [4.78, 5) is 17.6. The van der Waals surface area contributed by atoms with E-state index in [9.17, 15) is 14.4 Å². The first kappa shape index (κ1) is 26.5. The van der Waals surface area contributed by atoms with Gasteiger partial charge in [0, 0.05) is 48.1 Å². The highest BCUT2D eigenvalue weighted by molar-refractivity contribution is 6.35. The number of benzene rings is 4. The summed E-state index contributed by atoms with van der Waals surface area (Å²) in [5, 5.41) is 11.1. The van der Waals surface area contributed by atoms with E-state index >= 15 is 0 Å². The molecule has 0 aliphatic carbocycles. The largest absolute Gasteiger partial charge is 0.493 e. The van der Waals surface area contributed by atoms with Crippen LogP contribution in [0, 0.1) is 17.1 Å². The van der Waals surface area contributed by atoms with E-state index in [1.165, 1.54) is 12.1 Å². The minimum atomic E-state index is -0.395. The monoisotopic (exact) mass is 549 g/mol. The SMILES string of the molecule is COc1cc(C=C2C(=O)N(CCN3CCOCC3)c3ccc(F)cc32)ccc1Oc1ccc(C#N)c2ccccc12. The first-order chi connectivity index (χ1) is 20.1. The lowest BCUT2D eigenvalue weighted by molar-refractivity contribution is -0.113. The molecule has 7 nitrogen and oxygen atoms in total. The first-order valence-electron chi connectivity index (χ1n) is 13.5. The predicted octanol–water partition coefficient (Wildman–Crippen LogP) is 5.87. The van der Waals surface area contributed by atoms with Gasteiger partial charge in [0.1, 0.15) is 11.6 Å². The molecule has 2 aliphatic rings. The van der Waals surface area contributed by atoms with Gasteiger partial charge in [-0.2, -0.15) is 5.26 Å². The van der Waals surface area contributed by atoms with Crippen LogP contribution in [0.1, 0.15) is 16.7 Å². The smallest absolute Gasteiger partial charge is 0.259 e. The van der Waals surface area contributed by atoms with Gasteiger partial charge in [0.05, 0.1) is 37.6 Å². The molecule has 0 bridgehead atoms. The molecule has 0 spiro atoms. The van der Waals surface area contributed by atoms with Crippen molar-refractivity contribution in [1.29, 1.82) is 5.26 Å². The Kier molecular flexibility index (Phi) is 7.38. The van der Waals surface area contributed by atoms with Crippen molar-refractivity contribution in [1.82, 2.24) is 4.90 Å². The Morgan fingerprint density at radius 2 is 1.73 bits per heavy atom. The Balaban J connectivity index is 1.30. The normalized spacial score (nSPS) is 16.2. The van der Waals surface area contributed by atoms with Crippen molar-refractivity contribution in [2.24, 2.45) is 0 Å². The van der Waals surface area contributed by atoms with Crippen LogP contribution in [0.25, 0.3) is 22.4 Å². The van der Waals surface area contributed by atoms with Crippen LogP contribution >= 0.6 is 0 Å². The molecular weight excluding hydrogens is 521 g/mol. The average molecular weight is 550 g/mol. The molecule has 1 fully saturated rings. The number of halogens is 1. The molecule has 2 heterocycles. The van der Waals surface area contributed by atoms with Crippen molar-refractivity contribution in [2.75, 3.05) is 51.4 Å².